The summed E-state index contributed by atoms with van der Waals surface area (Å²) in [5.74, 6) is -0.876. The van der Waals surface area contributed by atoms with Gasteiger partial charge in [0, 0.05) is 25.2 Å². The van der Waals surface area contributed by atoms with Crippen LogP contribution in [-0.2, 0) is 19.4 Å². The molecular weight excluding hydrogens is 388 g/mol. The highest BCUT2D eigenvalue weighted by Gasteiger charge is 2.23. The van der Waals surface area contributed by atoms with Crippen LogP contribution in [0.1, 0.15) is 24.0 Å². The Hall–Kier alpha value is -2.87. The molecule has 0 bridgehead atoms. The molecule has 0 atom stereocenters. The molecule has 4 rings (SSSR count). The van der Waals surface area contributed by atoms with Crippen LogP contribution in [-0.4, -0.2) is 26.3 Å². The van der Waals surface area contributed by atoms with E-state index >= 15 is 0 Å². The van der Waals surface area contributed by atoms with Gasteiger partial charge in [-0.15, -0.1) is 0 Å². The van der Waals surface area contributed by atoms with Gasteiger partial charge >= 0.3 is 0 Å². The van der Waals surface area contributed by atoms with Crippen molar-refractivity contribution in [2.45, 2.75) is 26.3 Å². The van der Waals surface area contributed by atoms with Gasteiger partial charge in [-0.25, -0.2) is 18.7 Å². The largest absolute Gasteiger partial charge is 0.363 e. The van der Waals surface area contributed by atoms with Crippen LogP contribution in [0.4, 0.5) is 14.5 Å². The molecule has 0 saturated carbocycles. The Morgan fingerprint density at radius 3 is 2.79 bits per heavy atom. The van der Waals surface area contributed by atoms with E-state index in [9.17, 15) is 13.6 Å². The number of anilines is 1. The van der Waals surface area contributed by atoms with E-state index in [0.717, 1.165) is 40.3 Å². The summed E-state index contributed by atoms with van der Waals surface area (Å²) in [5.41, 5.74) is 1.58. The highest BCUT2D eigenvalue weighted by atomic mass is 35.5. The first kappa shape index (κ1) is 18.5. The Morgan fingerprint density at radius 2 is 2.04 bits per heavy atom. The lowest BCUT2D eigenvalue weighted by Gasteiger charge is -2.30. The molecule has 0 saturated heterocycles. The van der Waals surface area contributed by atoms with Crippen LogP contribution in [0, 0.1) is 11.6 Å². The van der Waals surface area contributed by atoms with E-state index in [-0.39, 0.29) is 10.7 Å². The zero-order valence-electron chi connectivity index (χ0n) is 15.0. The van der Waals surface area contributed by atoms with Crippen LogP contribution in [0.25, 0.3) is 5.69 Å². The van der Waals surface area contributed by atoms with E-state index in [1.807, 2.05) is 18.0 Å². The highest BCUT2D eigenvalue weighted by molar-refractivity contribution is 6.33. The fourth-order valence-electron chi connectivity index (χ4n) is 3.19. The summed E-state index contributed by atoms with van der Waals surface area (Å²) in [6, 6.07) is 2.90. The molecular formula is C19H16ClF2N5O. The van der Waals surface area contributed by atoms with Crippen LogP contribution in [0.2, 0.25) is 5.02 Å². The molecule has 2 aromatic heterocycles. The highest BCUT2D eigenvalue weighted by Crippen LogP contribution is 2.27. The van der Waals surface area contributed by atoms with Gasteiger partial charge in [-0.2, -0.15) is 9.78 Å². The minimum Gasteiger partial charge on any atom is -0.363 e. The predicted molar refractivity (Wildman–Crippen MR) is 101 cm³/mol. The summed E-state index contributed by atoms with van der Waals surface area (Å²) in [6.07, 6.45) is 4.70. The third kappa shape index (κ3) is 3.24. The smallest absolute Gasteiger partial charge is 0.292 e. The summed E-state index contributed by atoms with van der Waals surface area (Å²) in [6.45, 7) is 3.08. The van der Waals surface area contributed by atoms with Gasteiger partial charge in [0.1, 0.15) is 22.4 Å². The van der Waals surface area contributed by atoms with E-state index in [1.165, 1.54) is 6.20 Å². The lowest BCUT2D eigenvalue weighted by Crippen LogP contribution is -2.34. The maximum atomic E-state index is 14.0. The maximum absolute atomic E-state index is 14.0. The van der Waals surface area contributed by atoms with Crippen molar-refractivity contribution >= 4 is 17.3 Å². The standard InChI is InChI=1S/C19H16ClF2N5O/c1-2-17-23-8-11-5-6-26(10-14(11)25-17)16-9-24-27(19(28)18(16)20)15-4-3-12(21)7-13(15)22/h3-4,7-9H,2,5-6,10H2,1H3. The molecule has 0 spiro atoms. The van der Waals surface area contributed by atoms with Crippen LogP contribution in [0.3, 0.4) is 0 Å². The SMILES string of the molecule is CCc1ncc2c(n1)CN(c1cnn(-c3ccc(F)cc3F)c(=O)c1Cl)CC2. The number of halogens is 3. The fraction of sp³-hybridized carbons (Fsp3) is 0.263. The quantitative estimate of drug-likeness (QED) is 0.672. The average molecular weight is 404 g/mol. The topological polar surface area (TPSA) is 63.9 Å². The molecule has 1 aromatic carbocycles. The number of benzene rings is 1. The summed E-state index contributed by atoms with van der Waals surface area (Å²) in [4.78, 5) is 23.5. The number of hydrogen-bond acceptors (Lipinski definition) is 5. The van der Waals surface area contributed by atoms with E-state index in [2.05, 4.69) is 15.1 Å². The first-order valence-electron chi connectivity index (χ1n) is 8.79. The normalized spacial score (nSPS) is 13.5. The summed E-state index contributed by atoms with van der Waals surface area (Å²) in [7, 11) is 0. The molecule has 1 aliphatic heterocycles. The summed E-state index contributed by atoms with van der Waals surface area (Å²) < 4.78 is 28.0. The number of nitrogens with zero attached hydrogens (tertiary/aromatic N) is 5. The molecule has 6 nitrogen and oxygen atoms in total. The Kier molecular flexibility index (Phi) is 4.80. The first-order valence-corrected chi connectivity index (χ1v) is 9.17. The molecule has 0 radical (unpaired) electrons. The Labute approximate surface area is 164 Å². The van der Waals surface area contributed by atoms with Crippen molar-refractivity contribution in [3.63, 3.8) is 0 Å². The van der Waals surface area contributed by atoms with Crippen molar-refractivity contribution in [3.05, 3.63) is 74.7 Å². The molecule has 0 fully saturated rings. The van der Waals surface area contributed by atoms with Gasteiger partial charge in [0.05, 0.1) is 24.1 Å². The second-order valence-corrected chi connectivity index (χ2v) is 6.82. The van der Waals surface area contributed by atoms with Gasteiger partial charge < -0.3 is 4.90 Å². The maximum Gasteiger partial charge on any atom is 0.292 e. The van der Waals surface area contributed by atoms with E-state index in [4.69, 9.17) is 11.6 Å². The molecule has 9 heteroatoms. The minimum atomic E-state index is -0.894. The minimum absolute atomic E-state index is 0.0769. The van der Waals surface area contributed by atoms with Crippen LogP contribution >= 0.6 is 11.6 Å². The molecule has 0 aliphatic carbocycles. The zero-order valence-corrected chi connectivity index (χ0v) is 15.7. The van der Waals surface area contributed by atoms with Crippen molar-refractivity contribution in [2.24, 2.45) is 0 Å². The van der Waals surface area contributed by atoms with Crippen LogP contribution in [0.5, 0.6) is 0 Å². The lowest BCUT2D eigenvalue weighted by molar-refractivity contribution is 0.570. The van der Waals surface area contributed by atoms with Crippen molar-refractivity contribution in [1.29, 1.82) is 0 Å². The number of fused-ring (bicyclic) bond motifs is 1. The first-order chi connectivity index (χ1) is 13.5. The Bertz CT molecular complexity index is 1120. The second-order valence-electron chi connectivity index (χ2n) is 6.44. The predicted octanol–water partition coefficient (Wildman–Crippen LogP) is 3.08. The third-order valence-electron chi connectivity index (χ3n) is 4.69. The van der Waals surface area contributed by atoms with Crippen molar-refractivity contribution < 1.29 is 8.78 Å². The van der Waals surface area contributed by atoms with E-state index in [0.29, 0.717) is 31.3 Å². The molecule has 3 aromatic rings. The molecule has 1 aliphatic rings. The average Bonchev–Trinajstić information content (AvgIpc) is 2.70. The Morgan fingerprint density at radius 1 is 1.21 bits per heavy atom. The van der Waals surface area contributed by atoms with Gasteiger partial charge in [0.25, 0.3) is 5.56 Å². The monoisotopic (exact) mass is 403 g/mol. The molecule has 3 heterocycles. The summed E-state index contributed by atoms with van der Waals surface area (Å²) >= 11 is 6.31. The molecule has 0 N–H and O–H groups in total. The third-order valence-corrected chi connectivity index (χ3v) is 5.05. The molecule has 0 amide bonds. The number of hydrogen-bond donors (Lipinski definition) is 0. The summed E-state index contributed by atoms with van der Waals surface area (Å²) in [5, 5.41) is 3.97. The van der Waals surface area contributed by atoms with Gasteiger partial charge in [-0.05, 0) is 24.1 Å². The fourth-order valence-corrected chi connectivity index (χ4v) is 3.44. The van der Waals surface area contributed by atoms with Gasteiger partial charge in [-0.3, -0.25) is 4.79 Å². The van der Waals surface area contributed by atoms with Crippen LogP contribution < -0.4 is 10.5 Å². The number of rotatable bonds is 3. The van der Waals surface area contributed by atoms with Gasteiger partial charge in [0.15, 0.2) is 5.82 Å². The molecule has 0 unspecified atom stereocenters. The van der Waals surface area contributed by atoms with E-state index in [1.54, 1.807) is 0 Å². The second kappa shape index (κ2) is 7.27. The van der Waals surface area contributed by atoms with Crippen molar-refractivity contribution in [3.8, 4) is 5.69 Å². The van der Waals surface area contributed by atoms with Crippen molar-refractivity contribution in [1.82, 2.24) is 19.7 Å². The molecule has 144 valence electrons. The Balaban J connectivity index is 1.70. The number of aryl methyl sites for hydroxylation is 1. The van der Waals surface area contributed by atoms with Gasteiger partial charge in [-0.1, -0.05) is 18.5 Å². The van der Waals surface area contributed by atoms with Gasteiger partial charge in [0.2, 0.25) is 0 Å². The lowest BCUT2D eigenvalue weighted by atomic mass is 10.1. The zero-order chi connectivity index (χ0) is 19.8. The number of aromatic nitrogens is 4. The van der Waals surface area contributed by atoms with E-state index < -0.39 is 17.2 Å². The van der Waals surface area contributed by atoms with Crippen molar-refractivity contribution in [2.75, 3.05) is 11.4 Å². The molecule has 28 heavy (non-hydrogen) atoms. The van der Waals surface area contributed by atoms with Crippen LogP contribution in [0.15, 0.2) is 35.4 Å².